The number of aryl methyl sites for hydroxylation is 1. The predicted octanol–water partition coefficient (Wildman–Crippen LogP) is 2.11. The van der Waals surface area contributed by atoms with Crippen molar-refractivity contribution in [1.29, 1.82) is 0 Å². The van der Waals surface area contributed by atoms with Crippen molar-refractivity contribution in [3.63, 3.8) is 0 Å². The molecule has 0 radical (unpaired) electrons. The van der Waals surface area contributed by atoms with Gasteiger partial charge in [0.05, 0.1) is 12.2 Å². The minimum Gasteiger partial charge on any atom is -0.320 e. The van der Waals surface area contributed by atoms with Crippen molar-refractivity contribution in [1.82, 2.24) is 24.5 Å². The quantitative estimate of drug-likeness (QED) is 0.756. The van der Waals surface area contributed by atoms with Crippen LogP contribution in [0.1, 0.15) is 24.9 Å². The average Bonchev–Trinajstić information content (AvgIpc) is 3.25. The molecule has 1 unspecified atom stereocenters. The molecule has 0 aliphatic heterocycles. The molecule has 23 heavy (non-hydrogen) atoms. The first-order valence-electron chi connectivity index (χ1n) is 7.45. The SMILES string of the molecule is CC(c1ccccc1)n1nccc1NC(=O)CCn1cnnc1. The van der Waals surface area contributed by atoms with Crippen LogP contribution in [0.3, 0.4) is 0 Å². The molecule has 0 fully saturated rings. The van der Waals surface area contributed by atoms with Crippen molar-refractivity contribution in [2.45, 2.75) is 25.9 Å². The second-order valence-electron chi connectivity index (χ2n) is 5.25. The zero-order chi connectivity index (χ0) is 16.1. The summed E-state index contributed by atoms with van der Waals surface area (Å²) < 4.78 is 3.58. The molecule has 7 heteroatoms. The van der Waals surface area contributed by atoms with Crippen molar-refractivity contribution in [2.75, 3.05) is 5.32 Å². The van der Waals surface area contributed by atoms with Gasteiger partial charge in [0.1, 0.15) is 18.5 Å². The minimum absolute atomic E-state index is 0.0411. The Morgan fingerprint density at radius 1 is 1.17 bits per heavy atom. The molecule has 2 aromatic heterocycles. The van der Waals surface area contributed by atoms with Crippen LogP contribution >= 0.6 is 0 Å². The topological polar surface area (TPSA) is 77.6 Å². The maximum Gasteiger partial charge on any atom is 0.227 e. The molecule has 2 heterocycles. The van der Waals surface area contributed by atoms with Crippen molar-refractivity contribution in [3.05, 3.63) is 60.8 Å². The van der Waals surface area contributed by atoms with Gasteiger partial charge in [0.25, 0.3) is 0 Å². The summed E-state index contributed by atoms with van der Waals surface area (Å²) in [6.07, 6.45) is 5.22. The van der Waals surface area contributed by atoms with E-state index in [1.54, 1.807) is 29.5 Å². The van der Waals surface area contributed by atoms with Gasteiger partial charge >= 0.3 is 0 Å². The number of aromatic nitrogens is 5. The number of benzene rings is 1. The van der Waals surface area contributed by atoms with E-state index >= 15 is 0 Å². The zero-order valence-corrected chi connectivity index (χ0v) is 12.8. The Kier molecular flexibility index (Phi) is 4.46. The van der Waals surface area contributed by atoms with E-state index in [1.807, 2.05) is 35.0 Å². The molecule has 0 spiro atoms. The minimum atomic E-state index is -0.0688. The summed E-state index contributed by atoms with van der Waals surface area (Å²) in [7, 11) is 0. The van der Waals surface area contributed by atoms with Crippen LogP contribution in [0, 0.1) is 0 Å². The number of hydrogen-bond donors (Lipinski definition) is 1. The van der Waals surface area contributed by atoms with Crippen LogP contribution in [0.15, 0.2) is 55.2 Å². The summed E-state index contributed by atoms with van der Waals surface area (Å²) in [5.74, 6) is 0.621. The maximum absolute atomic E-state index is 12.1. The van der Waals surface area contributed by atoms with Crippen molar-refractivity contribution in [3.8, 4) is 0 Å². The molecule has 1 atom stereocenters. The molecule has 3 rings (SSSR count). The summed E-state index contributed by atoms with van der Waals surface area (Å²) in [5, 5.41) is 14.7. The fourth-order valence-electron chi connectivity index (χ4n) is 2.37. The molecule has 1 amide bonds. The van der Waals surface area contributed by atoms with Crippen molar-refractivity contribution >= 4 is 11.7 Å². The van der Waals surface area contributed by atoms with E-state index in [0.29, 0.717) is 18.8 Å². The number of anilines is 1. The monoisotopic (exact) mass is 310 g/mol. The summed E-state index contributed by atoms with van der Waals surface area (Å²) in [4.78, 5) is 12.1. The number of nitrogens with zero attached hydrogens (tertiary/aromatic N) is 5. The highest BCUT2D eigenvalue weighted by molar-refractivity contribution is 5.89. The first kappa shape index (κ1) is 15.0. The van der Waals surface area contributed by atoms with Crippen LogP contribution in [0.5, 0.6) is 0 Å². The van der Waals surface area contributed by atoms with Crippen LogP contribution in [0.4, 0.5) is 5.82 Å². The highest BCUT2D eigenvalue weighted by Crippen LogP contribution is 2.21. The molecule has 0 bridgehead atoms. The third kappa shape index (κ3) is 3.63. The fourth-order valence-corrected chi connectivity index (χ4v) is 2.37. The molecule has 0 aliphatic rings. The van der Waals surface area contributed by atoms with E-state index in [2.05, 4.69) is 27.5 Å². The van der Waals surface area contributed by atoms with Crippen LogP contribution in [-0.4, -0.2) is 30.5 Å². The summed E-state index contributed by atoms with van der Waals surface area (Å²) >= 11 is 0. The average molecular weight is 310 g/mol. The van der Waals surface area contributed by atoms with E-state index in [4.69, 9.17) is 0 Å². The van der Waals surface area contributed by atoms with E-state index in [0.717, 1.165) is 5.56 Å². The van der Waals surface area contributed by atoms with Crippen LogP contribution < -0.4 is 5.32 Å². The molecule has 1 aromatic carbocycles. The normalized spacial score (nSPS) is 12.0. The third-order valence-corrected chi connectivity index (χ3v) is 3.65. The van der Waals surface area contributed by atoms with Gasteiger partial charge in [0.15, 0.2) is 0 Å². The van der Waals surface area contributed by atoms with Crippen LogP contribution in [-0.2, 0) is 11.3 Å². The molecule has 0 aliphatic carbocycles. The first-order chi connectivity index (χ1) is 11.2. The Morgan fingerprint density at radius 2 is 1.91 bits per heavy atom. The molecule has 0 saturated carbocycles. The second-order valence-corrected chi connectivity index (χ2v) is 5.25. The summed E-state index contributed by atoms with van der Waals surface area (Å²) in [6.45, 7) is 2.59. The Bertz CT molecular complexity index is 750. The highest BCUT2D eigenvalue weighted by atomic mass is 16.1. The number of amides is 1. The Morgan fingerprint density at radius 3 is 2.65 bits per heavy atom. The lowest BCUT2D eigenvalue weighted by Crippen LogP contribution is -2.19. The molecular formula is C16H18N6O. The number of carbonyl (C=O) groups excluding carboxylic acids is 1. The van der Waals surface area contributed by atoms with Gasteiger partial charge in [-0.25, -0.2) is 4.68 Å². The number of rotatable bonds is 6. The largest absolute Gasteiger partial charge is 0.320 e. The second kappa shape index (κ2) is 6.87. The number of nitrogens with one attached hydrogen (secondary N) is 1. The Balaban J connectivity index is 1.65. The highest BCUT2D eigenvalue weighted by Gasteiger charge is 2.14. The van der Waals surface area contributed by atoms with Gasteiger partial charge in [0.2, 0.25) is 5.91 Å². The molecule has 0 saturated heterocycles. The van der Waals surface area contributed by atoms with Gasteiger partial charge in [-0.15, -0.1) is 10.2 Å². The zero-order valence-electron chi connectivity index (χ0n) is 12.8. The van der Waals surface area contributed by atoms with Gasteiger partial charge < -0.3 is 9.88 Å². The summed E-state index contributed by atoms with van der Waals surface area (Å²) in [5.41, 5.74) is 1.14. The number of carbonyl (C=O) groups is 1. The number of hydrogen-bond acceptors (Lipinski definition) is 4. The lowest BCUT2D eigenvalue weighted by atomic mass is 10.1. The predicted molar refractivity (Wildman–Crippen MR) is 85.8 cm³/mol. The van der Waals surface area contributed by atoms with Crippen molar-refractivity contribution in [2.24, 2.45) is 0 Å². The van der Waals surface area contributed by atoms with Gasteiger partial charge in [0, 0.05) is 19.0 Å². The van der Waals surface area contributed by atoms with E-state index in [-0.39, 0.29) is 11.9 Å². The van der Waals surface area contributed by atoms with Crippen molar-refractivity contribution < 1.29 is 4.79 Å². The Hall–Kier alpha value is -2.96. The van der Waals surface area contributed by atoms with Gasteiger partial charge in [-0.2, -0.15) is 5.10 Å². The maximum atomic E-state index is 12.1. The van der Waals surface area contributed by atoms with Gasteiger partial charge in [-0.1, -0.05) is 30.3 Å². The van der Waals surface area contributed by atoms with E-state index in [9.17, 15) is 4.79 Å². The first-order valence-corrected chi connectivity index (χ1v) is 7.45. The fraction of sp³-hybridized carbons (Fsp3) is 0.250. The van der Waals surface area contributed by atoms with Crippen LogP contribution in [0.25, 0.3) is 0 Å². The van der Waals surface area contributed by atoms with Gasteiger partial charge in [-0.05, 0) is 12.5 Å². The van der Waals surface area contributed by atoms with Crippen LogP contribution in [0.2, 0.25) is 0 Å². The third-order valence-electron chi connectivity index (χ3n) is 3.65. The standard InChI is InChI=1S/C16H18N6O/c1-13(14-5-3-2-4-6-14)22-15(7-9-19-22)20-16(23)8-10-21-11-17-18-12-21/h2-7,9,11-13H,8,10H2,1H3,(H,20,23). The van der Waals surface area contributed by atoms with E-state index < -0.39 is 0 Å². The Labute approximate surface area is 134 Å². The summed E-state index contributed by atoms with van der Waals surface area (Å²) in [6, 6.07) is 11.9. The molecule has 1 N–H and O–H groups in total. The molecular weight excluding hydrogens is 292 g/mol. The molecule has 118 valence electrons. The lowest BCUT2D eigenvalue weighted by molar-refractivity contribution is -0.116. The lowest BCUT2D eigenvalue weighted by Gasteiger charge is -2.16. The van der Waals surface area contributed by atoms with E-state index in [1.165, 1.54) is 0 Å². The van der Waals surface area contributed by atoms with Gasteiger partial charge in [-0.3, -0.25) is 4.79 Å². The molecule has 3 aromatic rings. The molecule has 7 nitrogen and oxygen atoms in total. The smallest absolute Gasteiger partial charge is 0.227 e.